The van der Waals surface area contributed by atoms with Crippen molar-refractivity contribution in [3.63, 3.8) is 0 Å². The van der Waals surface area contributed by atoms with E-state index in [9.17, 15) is 0 Å². The molecule has 2 nitrogen and oxygen atoms in total. The van der Waals surface area contributed by atoms with Gasteiger partial charge in [-0.3, -0.25) is 0 Å². The van der Waals surface area contributed by atoms with Crippen LogP contribution in [0.3, 0.4) is 0 Å². The molecule has 2 unspecified atom stereocenters. The van der Waals surface area contributed by atoms with E-state index in [-0.39, 0.29) is 5.60 Å². The van der Waals surface area contributed by atoms with Crippen LogP contribution in [-0.4, -0.2) is 12.1 Å². The summed E-state index contributed by atoms with van der Waals surface area (Å²) in [7, 11) is 0. The molecule has 1 aromatic rings. The van der Waals surface area contributed by atoms with Gasteiger partial charge in [-0.25, -0.2) is 0 Å². The summed E-state index contributed by atoms with van der Waals surface area (Å²) >= 11 is 0. The minimum atomic E-state index is -0.0383. The molecular formula is C16H23NO. The van der Waals surface area contributed by atoms with E-state index < -0.39 is 0 Å². The summed E-state index contributed by atoms with van der Waals surface area (Å²) in [6.07, 6.45) is 2.42. The highest BCUT2D eigenvalue weighted by atomic mass is 16.5. The van der Waals surface area contributed by atoms with Gasteiger partial charge in [-0.05, 0) is 44.2 Å². The van der Waals surface area contributed by atoms with Gasteiger partial charge in [-0.2, -0.15) is 0 Å². The average molecular weight is 245 g/mol. The van der Waals surface area contributed by atoms with Crippen LogP contribution in [-0.2, 0) is 13.0 Å². The number of para-hydroxylation sites is 1. The van der Waals surface area contributed by atoms with Crippen molar-refractivity contribution in [3.8, 4) is 5.75 Å². The zero-order chi connectivity index (χ0) is 12.8. The van der Waals surface area contributed by atoms with E-state index in [1.165, 1.54) is 17.5 Å². The molecule has 0 bridgehead atoms. The minimum absolute atomic E-state index is 0.0383. The molecular weight excluding hydrogens is 222 g/mol. The van der Waals surface area contributed by atoms with Crippen molar-refractivity contribution < 1.29 is 4.74 Å². The lowest BCUT2D eigenvalue weighted by molar-refractivity contribution is 0.137. The number of hydrogen-bond donors (Lipinski definition) is 1. The summed E-state index contributed by atoms with van der Waals surface area (Å²) in [4.78, 5) is 0. The third-order valence-electron chi connectivity index (χ3n) is 4.17. The molecule has 1 heterocycles. The van der Waals surface area contributed by atoms with E-state index in [0.717, 1.165) is 37.1 Å². The second-order valence-electron chi connectivity index (χ2n) is 6.55. The van der Waals surface area contributed by atoms with Gasteiger partial charge in [0.2, 0.25) is 0 Å². The van der Waals surface area contributed by atoms with E-state index in [1.807, 2.05) is 0 Å². The van der Waals surface area contributed by atoms with Crippen molar-refractivity contribution in [2.45, 2.75) is 45.8 Å². The summed E-state index contributed by atoms with van der Waals surface area (Å²) in [6, 6.07) is 6.53. The van der Waals surface area contributed by atoms with Crippen LogP contribution < -0.4 is 10.1 Å². The van der Waals surface area contributed by atoms with Crippen LogP contribution >= 0.6 is 0 Å². The van der Waals surface area contributed by atoms with Crippen molar-refractivity contribution >= 4 is 0 Å². The maximum absolute atomic E-state index is 6.08. The second kappa shape index (κ2) is 4.27. The first-order chi connectivity index (χ1) is 8.55. The van der Waals surface area contributed by atoms with Gasteiger partial charge in [-0.1, -0.05) is 25.1 Å². The molecule has 1 aliphatic carbocycles. The molecule has 0 aromatic heterocycles. The monoisotopic (exact) mass is 245 g/mol. The Kier molecular flexibility index (Phi) is 2.86. The van der Waals surface area contributed by atoms with Crippen LogP contribution in [0.25, 0.3) is 0 Å². The Hall–Kier alpha value is -1.02. The van der Waals surface area contributed by atoms with E-state index in [0.29, 0.717) is 0 Å². The van der Waals surface area contributed by atoms with Gasteiger partial charge < -0.3 is 10.1 Å². The van der Waals surface area contributed by atoms with Crippen molar-refractivity contribution in [1.82, 2.24) is 5.32 Å². The molecule has 98 valence electrons. The Morgan fingerprint density at radius 3 is 2.89 bits per heavy atom. The molecule has 0 amide bonds. The highest BCUT2D eigenvalue weighted by Gasteiger charge is 2.33. The number of rotatable bonds is 4. The van der Waals surface area contributed by atoms with Gasteiger partial charge in [-0.15, -0.1) is 0 Å². The Bertz CT molecular complexity index is 452. The Morgan fingerprint density at radius 2 is 2.17 bits per heavy atom. The lowest BCUT2D eigenvalue weighted by Gasteiger charge is -2.18. The number of hydrogen-bond acceptors (Lipinski definition) is 2. The SMILES string of the molecule is CC1CC1CNCc1cccc2c1OC(C)(C)C2. The van der Waals surface area contributed by atoms with E-state index in [1.54, 1.807) is 0 Å². The maximum Gasteiger partial charge on any atom is 0.127 e. The molecule has 0 spiro atoms. The molecule has 1 fully saturated rings. The standard InChI is InChI=1S/C16H23NO/c1-11-7-14(11)10-17-9-13-6-4-5-12-8-16(2,3)18-15(12)13/h4-6,11,14,17H,7-10H2,1-3H3. The predicted octanol–water partition coefficient (Wildman–Crippen LogP) is 3.15. The third kappa shape index (κ3) is 2.39. The molecule has 1 aliphatic heterocycles. The van der Waals surface area contributed by atoms with Crippen LogP contribution in [0.15, 0.2) is 18.2 Å². The van der Waals surface area contributed by atoms with Crippen LogP contribution in [0.1, 0.15) is 38.3 Å². The fourth-order valence-corrected chi connectivity index (χ4v) is 2.89. The number of fused-ring (bicyclic) bond motifs is 1. The summed E-state index contributed by atoms with van der Waals surface area (Å²) in [6.45, 7) is 8.74. The molecule has 1 N–H and O–H groups in total. The molecule has 2 heteroatoms. The topological polar surface area (TPSA) is 21.3 Å². The first-order valence-electron chi connectivity index (χ1n) is 7.06. The van der Waals surface area contributed by atoms with E-state index in [4.69, 9.17) is 4.74 Å². The summed E-state index contributed by atoms with van der Waals surface area (Å²) < 4.78 is 6.08. The van der Waals surface area contributed by atoms with Gasteiger partial charge in [0.1, 0.15) is 11.4 Å². The van der Waals surface area contributed by atoms with E-state index in [2.05, 4.69) is 44.3 Å². The summed E-state index contributed by atoms with van der Waals surface area (Å²) in [5, 5.41) is 3.57. The smallest absolute Gasteiger partial charge is 0.127 e. The first kappa shape index (κ1) is 12.0. The van der Waals surface area contributed by atoms with Gasteiger partial charge in [0.25, 0.3) is 0 Å². The minimum Gasteiger partial charge on any atom is -0.487 e. The number of nitrogens with one attached hydrogen (secondary N) is 1. The second-order valence-corrected chi connectivity index (χ2v) is 6.55. The van der Waals surface area contributed by atoms with Crippen molar-refractivity contribution in [3.05, 3.63) is 29.3 Å². The van der Waals surface area contributed by atoms with Crippen LogP contribution in [0.4, 0.5) is 0 Å². The largest absolute Gasteiger partial charge is 0.487 e. The van der Waals surface area contributed by atoms with Crippen LogP contribution in [0.5, 0.6) is 5.75 Å². The van der Waals surface area contributed by atoms with Crippen molar-refractivity contribution in [2.24, 2.45) is 11.8 Å². The molecule has 2 aliphatic rings. The first-order valence-corrected chi connectivity index (χ1v) is 7.06. The van der Waals surface area contributed by atoms with Gasteiger partial charge in [0.15, 0.2) is 0 Å². The fourth-order valence-electron chi connectivity index (χ4n) is 2.89. The van der Waals surface area contributed by atoms with Gasteiger partial charge >= 0.3 is 0 Å². The molecule has 1 aromatic carbocycles. The summed E-state index contributed by atoms with van der Waals surface area (Å²) in [5.74, 6) is 2.95. The van der Waals surface area contributed by atoms with Crippen LogP contribution in [0.2, 0.25) is 0 Å². The van der Waals surface area contributed by atoms with Crippen molar-refractivity contribution in [1.29, 1.82) is 0 Å². The normalized spacial score (nSPS) is 27.7. The number of ether oxygens (including phenoxy) is 1. The molecule has 0 radical (unpaired) electrons. The molecule has 2 atom stereocenters. The van der Waals surface area contributed by atoms with E-state index >= 15 is 0 Å². The highest BCUT2D eigenvalue weighted by Crippen LogP contribution is 2.38. The zero-order valence-electron chi connectivity index (χ0n) is 11.6. The fraction of sp³-hybridized carbons (Fsp3) is 0.625. The predicted molar refractivity (Wildman–Crippen MR) is 73.8 cm³/mol. The zero-order valence-corrected chi connectivity index (χ0v) is 11.6. The average Bonchev–Trinajstić information content (AvgIpc) is 2.87. The quantitative estimate of drug-likeness (QED) is 0.880. The summed E-state index contributed by atoms with van der Waals surface area (Å²) in [5.41, 5.74) is 2.63. The highest BCUT2D eigenvalue weighted by molar-refractivity contribution is 5.45. The number of benzene rings is 1. The Labute approximate surface area is 110 Å². The Morgan fingerprint density at radius 1 is 1.39 bits per heavy atom. The maximum atomic E-state index is 6.08. The molecule has 1 saturated carbocycles. The van der Waals surface area contributed by atoms with Crippen molar-refractivity contribution in [2.75, 3.05) is 6.54 Å². The molecule has 3 rings (SSSR count). The lowest BCUT2D eigenvalue weighted by Crippen LogP contribution is -2.25. The third-order valence-corrected chi connectivity index (χ3v) is 4.17. The molecule has 0 saturated heterocycles. The van der Waals surface area contributed by atoms with Gasteiger partial charge in [0, 0.05) is 18.5 Å². The van der Waals surface area contributed by atoms with Crippen LogP contribution in [0, 0.1) is 11.8 Å². The molecule has 18 heavy (non-hydrogen) atoms. The lowest BCUT2D eigenvalue weighted by atomic mass is 10.0. The van der Waals surface area contributed by atoms with Gasteiger partial charge in [0.05, 0.1) is 0 Å². The Balaban J connectivity index is 1.65.